The molecule has 28 heavy (non-hydrogen) atoms. The Morgan fingerprint density at radius 3 is 2.32 bits per heavy atom. The van der Waals surface area contributed by atoms with Gasteiger partial charge < -0.3 is 5.32 Å². The number of carbonyl (C=O) groups is 1. The van der Waals surface area contributed by atoms with E-state index in [2.05, 4.69) is 22.4 Å². The highest BCUT2D eigenvalue weighted by Crippen LogP contribution is 2.22. The van der Waals surface area contributed by atoms with Crippen LogP contribution in [0.25, 0.3) is 11.3 Å². The molecule has 138 valence electrons. The fourth-order valence-corrected chi connectivity index (χ4v) is 3.05. The number of pyridine rings is 1. The van der Waals surface area contributed by atoms with E-state index >= 15 is 0 Å². The van der Waals surface area contributed by atoms with Crippen LogP contribution in [0.5, 0.6) is 0 Å². The summed E-state index contributed by atoms with van der Waals surface area (Å²) in [5.74, 6) is -0.199. The van der Waals surface area contributed by atoms with Gasteiger partial charge in [0.1, 0.15) is 5.69 Å². The van der Waals surface area contributed by atoms with Crippen LogP contribution in [-0.2, 0) is 13.1 Å². The van der Waals surface area contributed by atoms with E-state index in [1.165, 1.54) is 5.56 Å². The molecule has 2 heterocycles. The Morgan fingerprint density at radius 1 is 0.893 bits per heavy atom. The summed E-state index contributed by atoms with van der Waals surface area (Å²) < 4.78 is 1.92. The summed E-state index contributed by atoms with van der Waals surface area (Å²) in [4.78, 5) is 16.5. The molecule has 0 saturated heterocycles. The Kier molecular flexibility index (Phi) is 5.24. The van der Waals surface area contributed by atoms with Crippen molar-refractivity contribution in [3.8, 4) is 11.3 Å². The van der Waals surface area contributed by atoms with E-state index in [1.807, 2.05) is 59.4 Å². The van der Waals surface area contributed by atoms with Crippen LogP contribution in [0.3, 0.4) is 0 Å². The van der Waals surface area contributed by atoms with Gasteiger partial charge in [0.15, 0.2) is 0 Å². The van der Waals surface area contributed by atoms with Crippen LogP contribution < -0.4 is 5.32 Å². The van der Waals surface area contributed by atoms with Gasteiger partial charge in [-0.1, -0.05) is 66.7 Å². The van der Waals surface area contributed by atoms with E-state index in [1.54, 1.807) is 24.4 Å². The predicted octanol–water partition coefficient (Wildman–Crippen LogP) is 3.92. The summed E-state index contributed by atoms with van der Waals surface area (Å²) in [5.41, 5.74) is 4.44. The molecule has 2 aromatic carbocycles. The second-order valence-corrected chi connectivity index (χ2v) is 6.45. The normalized spacial score (nSPS) is 10.6. The summed E-state index contributed by atoms with van der Waals surface area (Å²) in [6, 6.07) is 25.5. The van der Waals surface area contributed by atoms with Crippen molar-refractivity contribution in [3.05, 3.63) is 108 Å². The summed E-state index contributed by atoms with van der Waals surface area (Å²) >= 11 is 0. The van der Waals surface area contributed by atoms with Crippen LogP contribution in [0, 0.1) is 0 Å². The molecule has 1 amide bonds. The zero-order valence-corrected chi connectivity index (χ0v) is 15.3. The Morgan fingerprint density at radius 2 is 1.61 bits per heavy atom. The largest absolute Gasteiger partial charge is 0.346 e. The monoisotopic (exact) mass is 368 g/mol. The number of hydrogen-bond donors (Lipinski definition) is 1. The van der Waals surface area contributed by atoms with E-state index in [4.69, 9.17) is 5.10 Å². The molecule has 1 N–H and O–H groups in total. The zero-order chi connectivity index (χ0) is 19.2. The number of benzene rings is 2. The first-order chi connectivity index (χ1) is 13.8. The molecule has 5 nitrogen and oxygen atoms in total. The molecule has 0 unspecified atom stereocenters. The van der Waals surface area contributed by atoms with Crippen molar-refractivity contribution in [2.24, 2.45) is 0 Å². The highest BCUT2D eigenvalue weighted by molar-refractivity contribution is 5.92. The maximum absolute atomic E-state index is 12.4. The van der Waals surface area contributed by atoms with Gasteiger partial charge in [0.05, 0.1) is 12.2 Å². The van der Waals surface area contributed by atoms with Gasteiger partial charge in [0.25, 0.3) is 5.91 Å². The highest BCUT2D eigenvalue weighted by atomic mass is 16.1. The molecule has 0 spiro atoms. The summed E-state index contributed by atoms with van der Waals surface area (Å²) in [6.45, 7) is 1.06. The quantitative estimate of drug-likeness (QED) is 0.561. The van der Waals surface area contributed by atoms with Gasteiger partial charge in [0.2, 0.25) is 0 Å². The number of nitrogens with zero attached hydrogens (tertiary/aromatic N) is 3. The predicted molar refractivity (Wildman–Crippen MR) is 109 cm³/mol. The van der Waals surface area contributed by atoms with Crippen LogP contribution in [0.4, 0.5) is 0 Å². The molecule has 4 aromatic rings. The molecule has 0 aliphatic carbocycles. The SMILES string of the molecule is O=C(NCc1cn(Cc2ccccc2)nc1-c1ccccc1)c1ccccn1. The number of carbonyl (C=O) groups excluding carboxylic acids is 1. The maximum atomic E-state index is 12.4. The highest BCUT2D eigenvalue weighted by Gasteiger charge is 2.13. The van der Waals surface area contributed by atoms with Gasteiger partial charge in [0, 0.05) is 30.1 Å². The Balaban J connectivity index is 1.58. The standard InChI is InChI=1S/C23H20N4O/c28-23(21-13-7-8-14-24-21)25-15-20-17-27(16-18-9-3-1-4-10-18)26-22(20)19-11-5-2-6-12-19/h1-14,17H,15-16H2,(H,25,28). The van der Waals surface area contributed by atoms with E-state index in [9.17, 15) is 4.79 Å². The second kappa shape index (κ2) is 8.31. The summed E-state index contributed by atoms with van der Waals surface area (Å²) in [6.07, 6.45) is 3.61. The number of nitrogens with one attached hydrogen (secondary N) is 1. The van der Waals surface area contributed by atoms with Crippen molar-refractivity contribution in [2.75, 3.05) is 0 Å². The Bertz CT molecular complexity index is 1040. The van der Waals surface area contributed by atoms with Crippen molar-refractivity contribution in [3.63, 3.8) is 0 Å². The molecule has 0 aliphatic heterocycles. The fourth-order valence-electron chi connectivity index (χ4n) is 3.05. The van der Waals surface area contributed by atoms with E-state index < -0.39 is 0 Å². The molecular weight excluding hydrogens is 348 g/mol. The number of amides is 1. The first-order valence-corrected chi connectivity index (χ1v) is 9.14. The average molecular weight is 368 g/mol. The molecule has 2 aromatic heterocycles. The lowest BCUT2D eigenvalue weighted by Crippen LogP contribution is -2.23. The maximum Gasteiger partial charge on any atom is 0.270 e. The molecule has 0 bridgehead atoms. The lowest BCUT2D eigenvalue weighted by Gasteiger charge is -2.05. The smallest absolute Gasteiger partial charge is 0.270 e. The van der Waals surface area contributed by atoms with Crippen LogP contribution in [-0.4, -0.2) is 20.7 Å². The van der Waals surface area contributed by atoms with Gasteiger partial charge in [-0.3, -0.25) is 14.5 Å². The molecule has 0 radical (unpaired) electrons. The van der Waals surface area contributed by atoms with E-state index in [-0.39, 0.29) is 5.91 Å². The third-order valence-corrected chi connectivity index (χ3v) is 4.41. The van der Waals surface area contributed by atoms with Crippen molar-refractivity contribution in [2.45, 2.75) is 13.1 Å². The Labute approximate surface area is 163 Å². The van der Waals surface area contributed by atoms with Crippen LogP contribution in [0.15, 0.2) is 91.3 Å². The van der Waals surface area contributed by atoms with Crippen LogP contribution in [0.2, 0.25) is 0 Å². The minimum Gasteiger partial charge on any atom is -0.346 e. The molecule has 5 heteroatoms. The van der Waals surface area contributed by atoms with Gasteiger partial charge in [-0.05, 0) is 17.7 Å². The third kappa shape index (κ3) is 4.15. The van der Waals surface area contributed by atoms with Crippen molar-refractivity contribution >= 4 is 5.91 Å². The van der Waals surface area contributed by atoms with Gasteiger partial charge >= 0.3 is 0 Å². The van der Waals surface area contributed by atoms with Crippen molar-refractivity contribution in [1.82, 2.24) is 20.1 Å². The van der Waals surface area contributed by atoms with Gasteiger partial charge in [-0.2, -0.15) is 5.10 Å². The van der Waals surface area contributed by atoms with Crippen molar-refractivity contribution in [1.29, 1.82) is 0 Å². The molecular formula is C23H20N4O. The first kappa shape index (κ1) is 17.7. The number of rotatable bonds is 6. The van der Waals surface area contributed by atoms with E-state index in [0.29, 0.717) is 18.8 Å². The molecule has 0 saturated carbocycles. The number of hydrogen-bond acceptors (Lipinski definition) is 3. The lowest BCUT2D eigenvalue weighted by molar-refractivity contribution is 0.0946. The second-order valence-electron chi connectivity index (χ2n) is 6.45. The first-order valence-electron chi connectivity index (χ1n) is 9.14. The minimum absolute atomic E-state index is 0.199. The molecule has 0 atom stereocenters. The zero-order valence-electron chi connectivity index (χ0n) is 15.3. The van der Waals surface area contributed by atoms with Crippen LogP contribution >= 0.6 is 0 Å². The van der Waals surface area contributed by atoms with Crippen molar-refractivity contribution < 1.29 is 4.79 Å². The minimum atomic E-state index is -0.199. The lowest BCUT2D eigenvalue weighted by atomic mass is 10.1. The summed E-state index contributed by atoms with van der Waals surface area (Å²) in [5, 5.41) is 7.72. The summed E-state index contributed by atoms with van der Waals surface area (Å²) in [7, 11) is 0. The van der Waals surface area contributed by atoms with Gasteiger partial charge in [-0.15, -0.1) is 0 Å². The third-order valence-electron chi connectivity index (χ3n) is 4.41. The molecule has 4 rings (SSSR count). The average Bonchev–Trinajstić information content (AvgIpc) is 3.16. The molecule has 0 aliphatic rings. The topological polar surface area (TPSA) is 59.8 Å². The molecule has 0 fully saturated rings. The van der Waals surface area contributed by atoms with Gasteiger partial charge in [-0.25, -0.2) is 0 Å². The fraction of sp³-hybridized carbons (Fsp3) is 0.0870. The van der Waals surface area contributed by atoms with Crippen LogP contribution in [0.1, 0.15) is 21.6 Å². The number of aromatic nitrogens is 3. The van der Waals surface area contributed by atoms with E-state index in [0.717, 1.165) is 16.8 Å². The Hall–Kier alpha value is -3.73.